The Balaban J connectivity index is 1.20. The molecule has 2 aliphatic rings. The summed E-state index contributed by atoms with van der Waals surface area (Å²) in [5, 5.41) is 29.4. The van der Waals surface area contributed by atoms with Crippen molar-refractivity contribution < 1.29 is 10.2 Å². The van der Waals surface area contributed by atoms with E-state index in [2.05, 4.69) is 132 Å². The average Bonchev–Trinajstić information content (AvgIpc) is 3.24. The Bertz CT molecular complexity index is 2610. The Kier molecular flexibility index (Phi) is 7.68. The molecular formula is C49H32B2N2O2. The van der Waals surface area contributed by atoms with E-state index < -0.39 is 0 Å². The third-order valence-electron chi connectivity index (χ3n) is 11.2. The van der Waals surface area contributed by atoms with E-state index in [4.69, 9.17) is 0 Å². The molecule has 0 unspecified atom stereocenters. The van der Waals surface area contributed by atoms with Crippen LogP contribution in [-0.2, 0) is 0 Å². The molecule has 0 atom stereocenters. The molecule has 2 N–H and O–H groups in total. The maximum absolute atomic E-state index is 9.90. The Labute approximate surface area is 321 Å². The van der Waals surface area contributed by atoms with E-state index in [0.717, 1.165) is 33.4 Å². The van der Waals surface area contributed by atoms with Gasteiger partial charge in [-0.05, 0) is 104 Å². The largest absolute Gasteiger partial charge is 0.508 e. The van der Waals surface area contributed by atoms with E-state index in [0.29, 0.717) is 5.56 Å². The van der Waals surface area contributed by atoms with Crippen LogP contribution in [0.1, 0.15) is 5.56 Å². The van der Waals surface area contributed by atoms with Crippen molar-refractivity contribution in [3.63, 3.8) is 0 Å². The first kappa shape index (κ1) is 32.4. The zero-order valence-corrected chi connectivity index (χ0v) is 29.8. The van der Waals surface area contributed by atoms with Gasteiger partial charge >= 0.3 is 0 Å². The van der Waals surface area contributed by atoms with Crippen molar-refractivity contribution in [1.82, 2.24) is 0 Å². The lowest BCUT2D eigenvalue weighted by molar-refractivity contribution is 0.475. The number of phenolic OH excluding ortho intramolecular Hbond substituents is 2. The monoisotopic (exact) mass is 702 g/mol. The Morgan fingerprint density at radius 2 is 0.764 bits per heavy atom. The van der Waals surface area contributed by atoms with Gasteiger partial charge in [0.2, 0.25) is 13.4 Å². The van der Waals surface area contributed by atoms with Crippen LogP contribution in [0.15, 0.2) is 182 Å². The molecule has 2 aliphatic heterocycles. The van der Waals surface area contributed by atoms with Gasteiger partial charge in [0.25, 0.3) is 0 Å². The van der Waals surface area contributed by atoms with Crippen LogP contribution in [0.5, 0.6) is 11.5 Å². The van der Waals surface area contributed by atoms with Gasteiger partial charge in [-0.2, -0.15) is 5.26 Å². The molecule has 10 rings (SSSR count). The fourth-order valence-electron chi connectivity index (χ4n) is 8.62. The molecule has 55 heavy (non-hydrogen) atoms. The SMILES string of the molecule is N#Cc1ccc(-c2cc3c4c(c2)B(c2ccc(-c5ccc(O)cc5)cc2)c2ccccc2N4c2ccccc2B3c2ccc(-c3ccc(O)cc3)cc2)cc1. The number of fused-ring (bicyclic) bond motifs is 4. The number of benzene rings is 8. The molecule has 4 nitrogen and oxygen atoms in total. The van der Waals surface area contributed by atoms with Gasteiger partial charge in [-0.25, -0.2) is 0 Å². The number of phenols is 2. The number of aromatic hydroxyl groups is 2. The minimum absolute atomic E-state index is 0.0452. The number of nitrogens with zero attached hydrogens (tertiary/aromatic N) is 2. The van der Waals surface area contributed by atoms with E-state index >= 15 is 0 Å². The van der Waals surface area contributed by atoms with Gasteiger partial charge in [0.15, 0.2) is 0 Å². The van der Waals surface area contributed by atoms with Crippen molar-refractivity contribution in [3.8, 4) is 50.9 Å². The Morgan fingerprint density at radius 1 is 0.400 bits per heavy atom. The number of nitriles is 1. The van der Waals surface area contributed by atoms with E-state index in [1.54, 1.807) is 24.3 Å². The van der Waals surface area contributed by atoms with E-state index in [1.807, 2.05) is 36.4 Å². The lowest BCUT2D eigenvalue weighted by Gasteiger charge is -2.44. The highest BCUT2D eigenvalue weighted by Crippen LogP contribution is 2.38. The predicted octanol–water partition coefficient (Wildman–Crippen LogP) is 7.10. The zero-order valence-electron chi connectivity index (χ0n) is 29.8. The molecule has 8 aromatic rings. The minimum atomic E-state index is -0.0452. The zero-order chi connectivity index (χ0) is 37.0. The first-order valence-corrected chi connectivity index (χ1v) is 18.5. The molecule has 0 saturated heterocycles. The second-order valence-electron chi connectivity index (χ2n) is 14.3. The number of anilines is 3. The summed E-state index contributed by atoms with van der Waals surface area (Å²) in [6, 6.07) is 64.9. The highest BCUT2D eigenvalue weighted by atomic mass is 16.3. The summed E-state index contributed by atoms with van der Waals surface area (Å²) in [5.41, 5.74) is 18.0. The topological polar surface area (TPSA) is 67.5 Å². The smallest absolute Gasteiger partial charge is 0.246 e. The molecular weight excluding hydrogens is 670 g/mol. The lowest BCUT2D eigenvalue weighted by Crippen LogP contribution is -2.65. The summed E-state index contributed by atoms with van der Waals surface area (Å²) in [7, 11) is 0. The summed E-state index contributed by atoms with van der Waals surface area (Å²) < 4.78 is 0. The Hall–Kier alpha value is -7.22. The summed E-state index contributed by atoms with van der Waals surface area (Å²) in [4.78, 5) is 2.47. The molecule has 0 saturated carbocycles. The van der Waals surface area contributed by atoms with Crippen molar-refractivity contribution in [1.29, 1.82) is 5.26 Å². The van der Waals surface area contributed by atoms with Crippen molar-refractivity contribution in [3.05, 3.63) is 188 Å². The van der Waals surface area contributed by atoms with Crippen LogP contribution >= 0.6 is 0 Å². The van der Waals surface area contributed by atoms with Crippen LogP contribution in [0.4, 0.5) is 17.1 Å². The molecule has 0 bridgehead atoms. The molecule has 0 radical (unpaired) electrons. The fraction of sp³-hybridized carbons (Fsp3) is 0. The van der Waals surface area contributed by atoms with Crippen LogP contribution in [0.3, 0.4) is 0 Å². The molecule has 6 heteroatoms. The van der Waals surface area contributed by atoms with Crippen LogP contribution < -0.4 is 37.7 Å². The summed E-state index contributed by atoms with van der Waals surface area (Å²) >= 11 is 0. The van der Waals surface area contributed by atoms with Gasteiger partial charge in [0.1, 0.15) is 11.5 Å². The average molecular weight is 702 g/mol. The maximum Gasteiger partial charge on any atom is 0.246 e. The summed E-state index contributed by atoms with van der Waals surface area (Å²) in [6.07, 6.45) is 0. The second kappa shape index (κ2) is 13.0. The van der Waals surface area contributed by atoms with Crippen molar-refractivity contribution in [2.24, 2.45) is 0 Å². The molecule has 2 heterocycles. The summed E-state index contributed by atoms with van der Waals surface area (Å²) in [6.45, 7) is -0.0904. The normalized spacial score (nSPS) is 12.4. The van der Waals surface area contributed by atoms with Crippen molar-refractivity contribution in [2.75, 3.05) is 4.90 Å². The first-order valence-electron chi connectivity index (χ1n) is 18.5. The molecule has 0 aliphatic carbocycles. The lowest BCUT2D eigenvalue weighted by atomic mass is 9.30. The molecule has 8 aromatic carbocycles. The van der Waals surface area contributed by atoms with Gasteiger partial charge in [-0.3, -0.25) is 0 Å². The van der Waals surface area contributed by atoms with E-state index in [-0.39, 0.29) is 24.9 Å². The van der Waals surface area contributed by atoms with E-state index in [1.165, 1.54) is 49.8 Å². The molecule has 0 aromatic heterocycles. The van der Waals surface area contributed by atoms with E-state index in [9.17, 15) is 15.5 Å². The fourth-order valence-corrected chi connectivity index (χ4v) is 8.62. The Morgan fingerprint density at radius 3 is 1.18 bits per heavy atom. The minimum Gasteiger partial charge on any atom is -0.508 e. The maximum atomic E-state index is 9.90. The van der Waals surface area contributed by atoms with Gasteiger partial charge < -0.3 is 15.1 Å². The number of para-hydroxylation sites is 2. The second-order valence-corrected chi connectivity index (χ2v) is 14.3. The molecule has 0 amide bonds. The quantitative estimate of drug-likeness (QED) is 0.188. The number of hydrogen-bond donors (Lipinski definition) is 2. The van der Waals surface area contributed by atoms with Gasteiger partial charge in [0.05, 0.1) is 11.6 Å². The first-order chi connectivity index (χ1) is 27.0. The highest BCUT2D eigenvalue weighted by Gasteiger charge is 2.43. The third kappa shape index (κ3) is 5.48. The van der Waals surface area contributed by atoms with Gasteiger partial charge in [-0.1, -0.05) is 144 Å². The summed E-state index contributed by atoms with van der Waals surface area (Å²) in [5.74, 6) is 0.507. The number of hydrogen-bond acceptors (Lipinski definition) is 4. The van der Waals surface area contributed by atoms with Crippen LogP contribution in [-0.4, -0.2) is 23.6 Å². The molecule has 0 spiro atoms. The van der Waals surface area contributed by atoms with Crippen LogP contribution in [0.25, 0.3) is 33.4 Å². The van der Waals surface area contributed by atoms with Crippen LogP contribution in [0, 0.1) is 11.3 Å². The third-order valence-corrected chi connectivity index (χ3v) is 11.2. The van der Waals surface area contributed by atoms with Gasteiger partial charge in [-0.15, -0.1) is 0 Å². The molecule has 0 fully saturated rings. The van der Waals surface area contributed by atoms with Crippen molar-refractivity contribution in [2.45, 2.75) is 0 Å². The van der Waals surface area contributed by atoms with Crippen molar-refractivity contribution >= 4 is 63.3 Å². The van der Waals surface area contributed by atoms with Gasteiger partial charge in [0, 0.05) is 17.1 Å². The molecule has 256 valence electrons. The number of rotatable bonds is 5. The van der Waals surface area contributed by atoms with Crippen LogP contribution in [0.2, 0.25) is 0 Å². The highest BCUT2D eigenvalue weighted by molar-refractivity contribution is 7.02. The predicted molar refractivity (Wildman–Crippen MR) is 228 cm³/mol. The standard InChI is InChI=1S/C49H32B2N2O2/c52-31-32-9-11-37(12-10-32)38-29-45-49-46(30-38)51(40-23-15-34(16-24-40)36-19-27-42(55)28-20-36)44-6-2-4-8-48(44)53(49)47-7-3-1-5-43(47)50(45)39-21-13-33(14-22-39)35-17-25-41(54)26-18-35/h1-30,54-55H.